The molecule has 190 valence electrons. The number of fused-ring (bicyclic) bond motifs is 1. The molecule has 12 heteroatoms. The number of carboxylic acids is 1. The molecule has 0 saturated carbocycles. The van der Waals surface area contributed by atoms with Crippen molar-refractivity contribution in [1.82, 2.24) is 25.1 Å². The molecule has 2 N–H and O–H groups in total. The highest BCUT2D eigenvalue weighted by Gasteiger charge is 2.51. The molecule has 0 bridgehead atoms. The maximum Gasteiger partial charge on any atom is 0.334 e. The number of rotatable bonds is 6. The predicted molar refractivity (Wildman–Crippen MR) is 132 cm³/mol. The van der Waals surface area contributed by atoms with E-state index >= 15 is 0 Å². The van der Waals surface area contributed by atoms with Crippen molar-refractivity contribution in [2.45, 2.75) is 31.7 Å². The van der Waals surface area contributed by atoms with Gasteiger partial charge in [0, 0.05) is 20.1 Å². The highest BCUT2D eigenvalue weighted by atomic mass is 35.5. The standard InChI is InChI=1S/C24H25Cl2N5O5/c1-28-14-21(32)30-19(10-22(33)34)23(35)29(12-16-7-8-17(25)18(26)9-16)13-20(30)31(28)24(36)27-11-15-5-3-2-4-6-15/h2-9,19-20H,10-14H2,1H3,(H,27,36)(H,33,34)/t19-,20-/m0/s1. The second-order valence-electron chi connectivity index (χ2n) is 8.67. The van der Waals surface area contributed by atoms with Crippen molar-refractivity contribution < 1.29 is 24.3 Å². The summed E-state index contributed by atoms with van der Waals surface area (Å²) in [7, 11) is 1.60. The van der Waals surface area contributed by atoms with Crippen molar-refractivity contribution in [1.29, 1.82) is 0 Å². The van der Waals surface area contributed by atoms with Crippen LogP contribution in [0.4, 0.5) is 4.79 Å². The van der Waals surface area contributed by atoms with Crippen LogP contribution in [0.25, 0.3) is 0 Å². The van der Waals surface area contributed by atoms with Crippen LogP contribution in [0.1, 0.15) is 17.5 Å². The molecule has 2 heterocycles. The number of nitrogens with zero attached hydrogens (tertiary/aromatic N) is 4. The maximum atomic E-state index is 13.4. The van der Waals surface area contributed by atoms with Gasteiger partial charge in [-0.1, -0.05) is 59.6 Å². The van der Waals surface area contributed by atoms with Crippen LogP contribution in [0.5, 0.6) is 0 Å². The number of hydrogen-bond donors (Lipinski definition) is 2. The summed E-state index contributed by atoms with van der Waals surface area (Å²) in [5.74, 6) is -2.17. The largest absolute Gasteiger partial charge is 0.481 e. The van der Waals surface area contributed by atoms with Gasteiger partial charge in [-0.2, -0.15) is 0 Å². The topological polar surface area (TPSA) is 114 Å². The fourth-order valence-electron chi connectivity index (χ4n) is 4.53. The number of hydrogen-bond acceptors (Lipinski definition) is 5. The lowest BCUT2D eigenvalue weighted by Gasteiger charge is -2.54. The molecular formula is C24H25Cl2N5O5. The first-order valence-electron chi connectivity index (χ1n) is 11.2. The van der Waals surface area contributed by atoms with E-state index in [4.69, 9.17) is 23.2 Å². The van der Waals surface area contributed by atoms with Crippen LogP contribution < -0.4 is 5.32 Å². The number of halogens is 2. The third kappa shape index (κ3) is 5.40. The Balaban J connectivity index is 1.62. The third-order valence-electron chi connectivity index (χ3n) is 6.16. The van der Waals surface area contributed by atoms with Crippen molar-refractivity contribution in [2.75, 3.05) is 20.1 Å². The van der Waals surface area contributed by atoms with Crippen LogP contribution >= 0.6 is 23.2 Å². The Hall–Kier alpha value is -3.34. The van der Waals surface area contributed by atoms with Gasteiger partial charge in [0.1, 0.15) is 12.2 Å². The number of aliphatic carboxylic acids is 1. The molecule has 2 aromatic carbocycles. The molecule has 2 fully saturated rings. The van der Waals surface area contributed by atoms with Crippen molar-refractivity contribution >= 4 is 47.0 Å². The summed E-state index contributed by atoms with van der Waals surface area (Å²) >= 11 is 12.1. The lowest BCUT2D eigenvalue weighted by atomic mass is 10.0. The number of nitrogens with one attached hydrogen (secondary N) is 1. The minimum Gasteiger partial charge on any atom is -0.481 e. The zero-order valence-electron chi connectivity index (χ0n) is 19.4. The van der Waals surface area contributed by atoms with Gasteiger partial charge in [-0.25, -0.2) is 14.8 Å². The molecule has 2 saturated heterocycles. The summed E-state index contributed by atoms with van der Waals surface area (Å²) in [6, 6.07) is 12.6. The van der Waals surface area contributed by atoms with E-state index in [0.717, 1.165) is 5.56 Å². The Morgan fingerprint density at radius 3 is 2.44 bits per heavy atom. The Kier molecular flexibility index (Phi) is 7.67. The van der Waals surface area contributed by atoms with Gasteiger partial charge in [-0.05, 0) is 23.3 Å². The number of amides is 4. The number of likely N-dealkylation sites (N-methyl/N-ethyl adjacent to an activating group) is 1. The molecule has 4 amide bonds. The fraction of sp³-hybridized carbons (Fsp3) is 0.333. The fourth-order valence-corrected chi connectivity index (χ4v) is 4.85. The van der Waals surface area contributed by atoms with Crippen molar-refractivity contribution in [3.8, 4) is 0 Å². The number of carboxylic acid groups (broad SMARTS) is 1. The monoisotopic (exact) mass is 533 g/mol. The van der Waals surface area contributed by atoms with Crippen LogP contribution in [-0.2, 0) is 27.5 Å². The molecule has 4 rings (SSSR count). The third-order valence-corrected chi connectivity index (χ3v) is 6.90. The predicted octanol–water partition coefficient (Wildman–Crippen LogP) is 2.41. The number of benzene rings is 2. The highest BCUT2D eigenvalue weighted by Crippen LogP contribution is 2.29. The molecule has 0 radical (unpaired) electrons. The summed E-state index contributed by atoms with van der Waals surface area (Å²) in [6.07, 6.45) is -1.47. The SMILES string of the molecule is CN1CC(=O)N2[C@@H](CC(=O)O)C(=O)N(Cc3ccc(Cl)c(Cl)c3)C[C@@H]2N1C(=O)NCc1ccccc1. The Morgan fingerprint density at radius 2 is 1.78 bits per heavy atom. The second-order valence-corrected chi connectivity index (χ2v) is 9.48. The molecule has 2 atom stereocenters. The van der Waals surface area contributed by atoms with E-state index in [1.807, 2.05) is 30.3 Å². The van der Waals surface area contributed by atoms with Crippen LogP contribution in [0.2, 0.25) is 10.0 Å². The smallest absolute Gasteiger partial charge is 0.334 e. The van der Waals surface area contributed by atoms with Gasteiger partial charge < -0.3 is 20.2 Å². The zero-order valence-corrected chi connectivity index (χ0v) is 20.9. The summed E-state index contributed by atoms with van der Waals surface area (Å²) in [6.45, 7) is 0.179. The van der Waals surface area contributed by atoms with Gasteiger partial charge in [-0.15, -0.1) is 0 Å². The van der Waals surface area contributed by atoms with E-state index in [1.54, 1.807) is 25.2 Å². The molecule has 0 aromatic heterocycles. The Morgan fingerprint density at radius 1 is 1.06 bits per heavy atom. The molecule has 36 heavy (non-hydrogen) atoms. The van der Waals surface area contributed by atoms with E-state index in [1.165, 1.54) is 19.8 Å². The first-order valence-corrected chi connectivity index (χ1v) is 12.0. The van der Waals surface area contributed by atoms with Crippen molar-refractivity contribution in [3.63, 3.8) is 0 Å². The van der Waals surface area contributed by atoms with Crippen LogP contribution in [0.3, 0.4) is 0 Å². The van der Waals surface area contributed by atoms with Gasteiger partial charge in [0.2, 0.25) is 11.8 Å². The number of piperazine rings is 1. The van der Waals surface area contributed by atoms with Crippen LogP contribution in [0, 0.1) is 0 Å². The van der Waals surface area contributed by atoms with Crippen LogP contribution in [-0.4, -0.2) is 81.1 Å². The molecule has 0 spiro atoms. The van der Waals surface area contributed by atoms with E-state index in [9.17, 15) is 24.3 Å². The Labute approximate surface area is 217 Å². The normalized spacial score (nSPS) is 20.4. The number of carbonyl (C=O) groups is 4. The van der Waals surface area contributed by atoms with Gasteiger partial charge in [0.05, 0.1) is 29.6 Å². The zero-order chi connectivity index (χ0) is 26.0. The van der Waals surface area contributed by atoms with Crippen molar-refractivity contribution in [2.24, 2.45) is 0 Å². The van der Waals surface area contributed by atoms with Gasteiger partial charge in [0.25, 0.3) is 0 Å². The summed E-state index contributed by atoms with van der Waals surface area (Å²) < 4.78 is 0. The molecule has 0 unspecified atom stereocenters. The van der Waals surface area contributed by atoms with Gasteiger partial charge in [0.15, 0.2) is 0 Å². The van der Waals surface area contributed by atoms with E-state index in [0.29, 0.717) is 15.6 Å². The second kappa shape index (κ2) is 10.7. The van der Waals surface area contributed by atoms with Gasteiger partial charge in [-0.3, -0.25) is 14.4 Å². The van der Waals surface area contributed by atoms with E-state index in [-0.39, 0.29) is 26.2 Å². The average Bonchev–Trinajstić information content (AvgIpc) is 2.83. The molecular weight excluding hydrogens is 509 g/mol. The number of carbonyl (C=O) groups excluding carboxylic acids is 3. The summed E-state index contributed by atoms with van der Waals surface area (Å²) in [5.41, 5.74) is 1.57. The Bertz CT molecular complexity index is 1180. The van der Waals surface area contributed by atoms with E-state index in [2.05, 4.69) is 5.32 Å². The average molecular weight is 534 g/mol. The molecule has 0 aliphatic carbocycles. The van der Waals surface area contributed by atoms with E-state index < -0.39 is 42.4 Å². The van der Waals surface area contributed by atoms with Crippen LogP contribution in [0.15, 0.2) is 48.5 Å². The summed E-state index contributed by atoms with van der Waals surface area (Å²) in [5, 5.41) is 15.9. The molecule has 2 aliphatic heterocycles. The minimum atomic E-state index is -1.25. The molecule has 10 nitrogen and oxygen atoms in total. The lowest BCUT2D eigenvalue weighted by molar-refractivity contribution is -0.189. The summed E-state index contributed by atoms with van der Waals surface area (Å²) in [4.78, 5) is 54.0. The molecule has 2 aliphatic rings. The maximum absolute atomic E-state index is 13.4. The minimum absolute atomic E-state index is 0.00989. The number of hydrazine groups is 1. The first kappa shape index (κ1) is 25.7. The quantitative estimate of drug-likeness (QED) is 0.589. The van der Waals surface area contributed by atoms with Gasteiger partial charge >= 0.3 is 12.0 Å². The lowest BCUT2D eigenvalue weighted by Crippen LogP contribution is -2.76. The van der Waals surface area contributed by atoms with Crippen molar-refractivity contribution in [3.05, 3.63) is 69.7 Å². The molecule has 2 aromatic rings. The first-order chi connectivity index (χ1) is 17.2. The highest BCUT2D eigenvalue weighted by molar-refractivity contribution is 6.42. The number of urea groups is 1.